The SMILES string of the molecule is Cc1cc(C)c(NC(=O)CCNC2CC2)c(Br)c1. The van der Waals surface area contributed by atoms with Crippen molar-refractivity contribution in [3.8, 4) is 0 Å². The van der Waals surface area contributed by atoms with Gasteiger partial charge in [0.15, 0.2) is 0 Å². The fourth-order valence-corrected chi connectivity index (χ4v) is 2.73. The summed E-state index contributed by atoms with van der Waals surface area (Å²) in [7, 11) is 0. The summed E-state index contributed by atoms with van der Waals surface area (Å²) in [4.78, 5) is 11.8. The molecular formula is C14H19BrN2O. The van der Waals surface area contributed by atoms with Gasteiger partial charge in [0.1, 0.15) is 0 Å². The highest BCUT2D eigenvalue weighted by atomic mass is 79.9. The summed E-state index contributed by atoms with van der Waals surface area (Å²) in [5.41, 5.74) is 3.16. The van der Waals surface area contributed by atoms with Crippen molar-refractivity contribution in [3.63, 3.8) is 0 Å². The average Bonchev–Trinajstić information content (AvgIpc) is 3.07. The number of halogens is 1. The van der Waals surface area contributed by atoms with E-state index in [0.29, 0.717) is 12.5 Å². The van der Waals surface area contributed by atoms with Crippen molar-refractivity contribution in [2.24, 2.45) is 0 Å². The molecule has 0 bridgehead atoms. The molecule has 1 amide bonds. The van der Waals surface area contributed by atoms with Crippen LogP contribution in [0.5, 0.6) is 0 Å². The standard InChI is InChI=1S/C14H19BrN2O/c1-9-7-10(2)14(12(15)8-9)17-13(18)5-6-16-11-3-4-11/h7-8,11,16H,3-6H2,1-2H3,(H,17,18). The Bertz CT molecular complexity index is 432. The normalized spacial score (nSPS) is 14.6. The molecule has 1 aromatic carbocycles. The van der Waals surface area contributed by atoms with Crippen LogP contribution in [0.4, 0.5) is 5.69 Å². The van der Waals surface area contributed by atoms with Crippen molar-refractivity contribution < 1.29 is 4.79 Å². The first-order chi connectivity index (χ1) is 8.56. The number of nitrogens with one attached hydrogen (secondary N) is 2. The second kappa shape index (κ2) is 5.85. The Morgan fingerprint density at radius 3 is 2.72 bits per heavy atom. The first-order valence-electron chi connectivity index (χ1n) is 6.36. The van der Waals surface area contributed by atoms with E-state index < -0.39 is 0 Å². The number of carbonyl (C=O) groups is 1. The molecule has 3 nitrogen and oxygen atoms in total. The summed E-state index contributed by atoms with van der Waals surface area (Å²) in [6.07, 6.45) is 3.03. The van der Waals surface area contributed by atoms with Gasteiger partial charge in [0, 0.05) is 23.5 Å². The molecule has 18 heavy (non-hydrogen) atoms. The van der Waals surface area contributed by atoms with Crippen LogP contribution >= 0.6 is 15.9 Å². The van der Waals surface area contributed by atoms with Gasteiger partial charge in [0.05, 0.1) is 5.69 Å². The van der Waals surface area contributed by atoms with E-state index in [0.717, 1.165) is 22.3 Å². The second-order valence-corrected chi connectivity index (χ2v) is 5.82. The predicted molar refractivity (Wildman–Crippen MR) is 77.9 cm³/mol. The molecule has 1 aliphatic rings. The van der Waals surface area contributed by atoms with Gasteiger partial charge < -0.3 is 10.6 Å². The van der Waals surface area contributed by atoms with Crippen LogP contribution in [0.25, 0.3) is 0 Å². The number of amides is 1. The lowest BCUT2D eigenvalue weighted by molar-refractivity contribution is -0.116. The van der Waals surface area contributed by atoms with Crippen molar-refractivity contribution in [1.29, 1.82) is 0 Å². The fourth-order valence-electron chi connectivity index (χ4n) is 1.95. The lowest BCUT2D eigenvalue weighted by Gasteiger charge is -2.12. The number of carbonyl (C=O) groups excluding carboxylic acids is 1. The zero-order chi connectivity index (χ0) is 13.1. The molecule has 0 aliphatic heterocycles. The molecule has 1 fully saturated rings. The van der Waals surface area contributed by atoms with Crippen LogP contribution < -0.4 is 10.6 Å². The Morgan fingerprint density at radius 1 is 1.39 bits per heavy atom. The Kier molecular flexibility index (Phi) is 4.40. The first-order valence-corrected chi connectivity index (χ1v) is 7.15. The van der Waals surface area contributed by atoms with Gasteiger partial charge in [0.25, 0.3) is 0 Å². The molecule has 0 radical (unpaired) electrons. The Labute approximate surface area is 116 Å². The predicted octanol–water partition coefficient (Wildman–Crippen LogP) is 3.15. The Hall–Kier alpha value is -0.870. The molecule has 98 valence electrons. The first kappa shape index (κ1) is 13.6. The maximum absolute atomic E-state index is 11.8. The highest BCUT2D eigenvalue weighted by molar-refractivity contribution is 9.10. The van der Waals surface area contributed by atoms with Gasteiger partial charge >= 0.3 is 0 Å². The maximum atomic E-state index is 11.8. The summed E-state index contributed by atoms with van der Waals surface area (Å²) in [5, 5.41) is 6.31. The lowest BCUT2D eigenvalue weighted by Crippen LogP contribution is -2.23. The number of benzene rings is 1. The zero-order valence-corrected chi connectivity index (χ0v) is 12.4. The third kappa shape index (κ3) is 3.82. The average molecular weight is 311 g/mol. The quantitative estimate of drug-likeness (QED) is 0.877. The van der Waals surface area contributed by atoms with E-state index >= 15 is 0 Å². The minimum Gasteiger partial charge on any atom is -0.325 e. The molecule has 2 N–H and O–H groups in total. The Balaban J connectivity index is 1.89. The zero-order valence-electron chi connectivity index (χ0n) is 10.8. The van der Waals surface area contributed by atoms with Crippen molar-refractivity contribution in [2.75, 3.05) is 11.9 Å². The van der Waals surface area contributed by atoms with Gasteiger partial charge in [-0.05, 0) is 59.8 Å². The smallest absolute Gasteiger partial charge is 0.225 e. The van der Waals surface area contributed by atoms with Gasteiger partial charge in [-0.2, -0.15) is 0 Å². The van der Waals surface area contributed by atoms with Crippen molar-refractivity contribution >= 4 is 27.5 Å². The van der Waals surface area contributed by atoms with Crippen LogP contribution in [-0.2, 0) is 4.79 Å². The van der Waals surface area contributed by atoms with Crippen LogP contribution in [0.15, 0.2) is 16.6 Å². The summed E-state index contributed by atoms with van der Waals surface area (Å²) in [6, 6.07) is 4.75. The van der Waals surface area contributed by atoms with Crippen molar-refractivity contribution in [2.45, 2.75) is 39.2 Å². The molecule has 2 rings (SSSR count). The monoisotopic (exact) mass is 310 g/mol. The maximum Gasteiger partial charge on any atom is 0.225 e. The van der Waals surface area contributed by atoms with E-state index in [1.165, 1.54) is 18.4 Å². The van der Waals surface area contributed by atoms with Crippen LogP contribution in [0.3, 0.4) is 0 Å². The molecule has 1 saturated carbocycles. The van der Waals surface area contributed by atoms with Crippen molar-refractivity contribution in [3.05, 3.63) is 27.7 Å². The second-order valence-electron chi connectivity index (χ2n) is 4.97. The van der Waals surface area contributed by atoms with E-state index in [4.69, 9.17) is 0 Å². The molecule has 0 aromatic heterocycles. The topological polar surface area (TPSA) is 41.1 Å². The largest absolute Gasteiger partial charge is 0.325 e. The van der Waals surface area contributed by atoms with E-state index in [1.807, 2.05) is 19.9 Å². The minimum atomic E-state index is 0.0656. The van der Waals surface area contributed by atoms with Crippen LogP contribution in [0, 0.1) is 13.8 Å². The molecule has 1 aromatic rings. The number of anilines is 1. The molecule has 4 heteroatoms. The summed E-state index contributed by atoms with van der Waals surface area (Å²) >= 11 is 3.50. The van der Waals surface area contributed by atoms with Crippen LogP contribution in [-0.4, -0.2) is 18.5 Å². The van der Waals surface area contributed by atoms with E-state index in [-0.39, 0.29) is 5.91 Å². The molecule has 0 spiro atoms. The minimum absolute atomic E-state index is 0.0656. The lowest BCUT2D eigenvalue weighted by atomic mass is 10.1. The van der Waals surface area contributed by atoms with E-state index in [2.05, 4.69) is 32.6 Å². The molecule has 0 heterocycles. The number of hydrogen-bond acceptors (Lipinski definition) is 2. The molecular weight excluding hydrogens is 292 g/mol. The fraction of sp³-hybridized carbons (Fsp3) is 0.500. The molecule has 0 saturated heterocycles. The Morgan fingerprint density at radius 2 is 2.11 bits per heavy atom. The molecule has 1 aliphatic carbocycles. The molecule has 0 atom stereocenters. The highest BCUT2D eigenvalue weighted by Gasteiger charge is 2.20. The van der Waals surface area contributed by atoms with Gasteiger partial charge in [-0.15, -0.1) is 0 Å². The third-order valence-corrected chi connectivity index (χ3v) is 3.68. The number of hydrogen-bond donors (Lipinski definition) is 2. The number of aryl methyl sites for hydroxylation is 2. The van der Waals surface area contributed by atoms with Gasteiger partial charge in [-0.1, -0.05) is 6.07 Å². The van der Waals surface area contributed by atoms with Crippen molar-refractivity contribution in [1.82, 2.24) is 5.32 Å². The van der Waals surface area contributed by atoms with E-state index in [9.17, 15) is 4.79 Å². The summed E-state index contributed by atoms with van der Waals surface area (Å²) < 4.78 is 0.948. The van der Waals surface area contributed by atoms with Gasteiger partial charge in [-0.25, -0.2) is 0 Å². The number of rotatable bonds is 5. The summed E-state index contributed by atoms with van der Waals surface area (Å²) in [6.45, 7) is 4.82. The summed E-state index contributed by atoms with van der Waals surface area (Å²) in [5.74, 6) is 0.0656. The highest BCUT2D eigenvalue weighted by Crippen LogP contribution is 2.27. The van der Waals surface area contributed by atoms with Gasteiger partial charge in [-0.3, -0.25) is 4.79 Å². The third-order valence-electron chi connectivity index (χ3n) is 3.06. The van der Waals surface area contributed by atoms with Gasteiger partial charge in [0.2, 0.25) is 5.91 Å². The van der Waals surface area contributed by atoms with Crippen LogP contribution in [0.2, 0.25) is 0 Å². The molecule has 0 unspecified atom stereocenters. The van der Waals surface area contributed by atoms with E-state index in [1.54, 1.807) is 0 Å². The van der Waals surface area contributed by atoms with Crippen LogP contribution in [0.1, 0.15) is 30.4 Å².